The quantitative estimate of drug-likeness (QED) is 0.793. The molecular formula is C14H24O4. The van der Waals surface area contributed by atoms with Gasteiger partial charge in [0.1, 0.15) is 0 Å². The molecule has 0 aliphatic heterocycles. The summed E-state index contributed by atoms with van der Waals surface area (Å²) < 4.78 is 11.0. The number of aliphatic hydroxyl groups is 1. The van der Waals surface area contributed by atoms with Crippen LogP contribution < -0.4 is 0 Å². The van der Waals surface area contributed by atoms with Gasteiger partial charge in [-0.3, -0.25) is 4.79 Å². The molecule has 0 saturated heterocycles. The normalized spacial score (nSPS) is 24.0. The second-order valence-electron chi connectivity index (χ2n) is 5.78. The van der Waals surface area contributed by atoms with E-state index in [0.29, 0.717) is 12.2 Å². The SMILES string of the molecule is CC(C)CC1(O)C(=O)C(OC(C)C)=C1OC(C)C. The molecule has 0 radical (unpaired) electrons. The van der Waals surface area contributed by atoms with Crippen LogP contribution in [0.25, 0.3) is 0 Å². The fourth-order valence-corrected chi connectivity index (χ4v) is 2.03. The highest BCUT2D eigenvalue weighted by Gasteiger charge is 2.57. The van der Waals surface area contributed by atoms with Crippen LogP contribution in [0.15, 0.2) is 11.5 Å². The number of ketones is 1. The van der Waals surface area contributed by atoms with Crippen LogP contribution >= 0.6 is 0 Å². The van der Waals surface area contributed by atoms with E-state index < -0.39 is 5.60 Å². The third-order valence-electron chi connectivity index (χ3n) is 2.57. The van der Waals surface area contributed by atoms with E-state index >= 15 is 0 Å². The molecule has 18 heavy (non-hydrogen) atoms. The Kier molecular flexibility index (Phi) is 4.43. The van der Waals surface area contributed by atoms with Crippen molar-refractivity contribution in [2.75, 3.05) is 0 Å². The molecule has 4 nitrogen and oxygen atoms in total. The van der Waals surface area contributed by atoms with Crippen molar-refractivity contribution in [1.82, 2.24) is 0 Å². The van der Waals surface area contributed by atoms with Gasteiger partial charge in [0.15, 0.2) is 11.4 Å². The maximum Gasteiger partial charge on any atom is 0.240 e. The summed E-state index contributed by atoms with van der Waals surface area (Å²) >= 11 is 0. The topological polar surface area (TPSA) is 55.8 Å². The molecule has 0 saturated carbocycles. The van der Waals surface area contributed by atoms with E-state index in [4.69, 9.17) is 9.47 Å². The zero-order valence-electron chi connectivity index (χ0n) is 12.1. The molecule has 1 atom stereocenters. The minimum absolute atomic E-state index is 0.0995. The predicted molar refractivity (Wildman–Crippen MR) is 68.9 cm³/mol. The molecule has 0 aromatic heterocycles. The van der Waals surface area contributed by atoms with E-state index in [0.717, 1.165) is 0 Å². The summed E-state index contributed by atoms with van der Waals surface area (Å²) in [5.41, 5.74) is -1.50. The van der Waals surface area contributed by atoms with Crippen LogP contribution in [-0.4, -0.2) is 28.7 Å². The van der Waals surface area contributed by atoms with Gasteiger partial charge in [-0.1, -0.05) is 13.8 Å². The van der Waals surface area contributed by atoms with Crippen molar-refractivity contribution >= 4 is 5.78 Å². The van der Waals surface area contributed by atoms with Crippen molar-refractivity contribution in [3.05, 3.63) is 11.5 Å². The summed E-state index contributed by atoms with van der Waals surface area (Å²) in [7, 11) is 0. The van der Waals surface area contributed by atoms with Gasteiger partial charge in [0.2, 0.25) is 11.5 Å². The van der Waals surface area contributed by atoms with Crippen LogP contribution in [0.3, 0.4) is 0 Å². The van der Waals surface area contributed by atoms with Gasteiger partial charge >= 0.3 is 0 Å². The molecule has 1 aliphatic rings. The number of carbonyl (C=O) groups excluding carboxylic acids is 1. The van der Waals surface area contributed by atoms with Crippen LogP contribution in [0.5, 0.6) is 0 Å². The molecule has 104 valence electrons. The van der Waals surface area contributed by atoms with Gasteiger partial charge in [0.25, 0.3) is 0 Å². The molecular weight excluding hydrogens is 232 g/mol. The number of hydrogen-bond donors (Lipinski definition) is 1. The first-order chi connectivity index (χ1) is 8.18. The van der Waals surface area contributed by atoms with Crippen LogP contribution in [0.1, 0.15) is 48.0 Å². The lowest BCUT2D eigenvalue weighted by Gasteiger charge is -2.40. The second kappa shape index (κ2) is 5.31. The smallest absolute Gasteiger partial charge is 0.240 e. The number of carbonyl (C=O) groups is 1. The Balaban J connectivity index is 3.01. The van der Waals surface area contributed by atoms with Crippen LogP contribution in [-0.2, 0) is 14.3 Å². The van der Waals surface area contributed by atoms with Gasteiger partial charge in [0, 0.05) is 0 Å². The standard InChI is InChI=1S/C14H24O4/c1-8(2)7-14(16)12(15)11(17-9(3)4)13(14)18-10(5)6/h8-10,16H,7H2,1-6H3. The minimum atomic E-state index is -1.50. The lowest BCUT2D eigenvalue weighted by Crippen LogP contribution is -2.54. The minimum Gasteiger partial charge on any atom is -0.488 e. The van der Waals surface area contributed by atoms with Gasteiger partial charge in [-0.2, -0.15) is 0 Å². The summed E-state index contributed by atoms with van der Waals surface area (Å²) in [5.74, 6) is 0.317. The van der Waals surface area contributed by atoms with Crippen molar-refractivity contribution in [3.63, 3.8) is 0 Å². The fraction of sp³-hybridized carbons (Fsp3) is 0.786. The largest absolute Gasteiger partial charge is 0.488 e. The maximum atomic E-state index is 12.0. The molecule has 0 bridgehead atoms. The number of hydrogen-bond acceptors (Lipinski definition) is 4. The van der Waals surface area contributed by atoms with Crippen LogP contribution in [0.4, 0.5) is 0 Å². The molecule has 0 amide bonds. The number of ether oxygens (including phenoxy) is 2. The summed E-state index contributed by atoms with van der Waals surface area (Å²) in [6, 6.07) is 0. The van der Waals surface area contributed by atoms with E-state index in [-0.39, 0.29) is 29.7 Å². The maximum absolute atomic E-state index is 12.0. The van der Waals surface area contributed by atoms with Crippen molar-refractivity contribution in [1.29, 1.82) is 0 Å². The van der Waals surface area contributed by atoms with Crippen molar-refractivity contribution in [2.45, 2.75) is 65.8 Å². The Morgan fingerprint density at radius 1 is 1.06 bits per heavy atom. The van der Waals surface area contributed by atoms with E-state index in [1.165, 1.54) is 0 Å². The number of Topliss-reactive ketones (excluding diaryl/α,β-unsaturated/α-hetero) is 1. The Labute approximate surface area is 109 Å². The van der Waals surface area contributed by atoms with Crippen molar-refractivity contribution < 1.29 is 19.4 Å². The van der Waals surface area contributed by atoms with Gasteiger partial charge in [-0.05, 0) is 40.0 Å². The summed E-state index contributed by atoms with van der Waals surface area (Å²) in [6.07, 6.45) is 0.148. The zero-order chi connectivity index (χ0) is 14.1. The second-order valence-corrected chi connectivity index (χ2v) is 5.78. The summed E-state index contributed by atoms with van der Waals surface area (Å²) in [5, 5.41) is 10.4. The summed E-state index contributed by atoms with van der Waals surface area (Å²) in [4.78, 5) is 12.0. The lowest BCUT2D eigenvalue weighted by atomic mass is 9.77. The lowest BCUT2D eigenvalue weighted by molar-refractivity contribution is -0.152. The zero-order valence-corrected chi connectivity index (χ0v) is 12.1. The third kappa shape index (κ3) is 2.86. The molecule has 1 unspecified atom stereocenters. The monoisotopic (exact) mass is 256 g/mol. The molecule has 0 fully saturated rings. The highest BCUT2D eigenvalue weighted by atomic mass is 16.5. The van der Waals surface area contributed by atoms with E-state index in [2.05, 4.69) is 0 Å². The third-order valence-corrected chi connectivity index (χ3v) is 2.57. The first-order valence-electron chi connectivity index (χ1n) is 6.53. The first kappa shape index (κ1) is 15.0. The Hall–Kier alpha value is -1.03. The first-order valence-corrected chi connectivity index (χ1v) is 6.53. The van der Waals surface area contributed by atoms with Gasteiger partial charge < -0.3 is 14.6 Å². The molecule has 0 aromatic carbocycles. The van der Waals surface area contributed by atoms with Gasteiger partial charge in [-0.15, -0.1) is 0 Å². The summed E-state index contributed by atoms with van der Waals surface area (Å²) in [6.45, 7) is 11.3. The van der Waals surface area contributed by atoms with Crippen molar-refractivity contribution in [2.24, 2.45) is 5.92 Å². The van der Waals surface area contributed by atoms with E-state index in [1.807, 2.05) is 41.5 Å². The fourth-order valence-electron chi connectivity index (χ4n) is 2.03. The van der Waals surface area contributed by atoms with Crippen LogP contribution in [0, 0.1) is 5.92 Å². The van der Waals surface area contributed by atoms with Crippen molar-refractivity contribution in [3.8, 4) is 0 Å². The molecule has 0 heterocycles. The Morgan fingerprint density at radius 2 is 1.56 bits per heavy atom. The average Bonchev–Trinajstić information content (AvgIpc) is 2.21. The Bertz CT molecular complexity index is 355. The molecule has 1 aliphatic carbocycles. The predicted octanol–water partition coefficient (Wildman–Crippen LogP) is 2.41. The van der Waals surface area contributed by atoms with E-state index in [1.54, 1.807) is 0 Å². The average molecular weight is 256 g/mol. The van der Waals surface area contributed by atoms with Gasteiger partial charge in [-0.25, -0.2) is 0 Å². The van der Waals surface area contributed by atoms with Gasteiger partial charge in [0.05, 0.1) is 12.2 Å². The molecule has 4 heteroatoms. The highest BCUT2D eigenvalue weighted by Crippen LogP contribution is 2.42. The molecule has 0 aromatic rings. The highest BCUT2D eigenvalue weighted by molar-refractivity contribution is 6.10. The molecule has 1 N–H and O–H groups in total. The Morgan fingerprint density at radius 3 is 1.94 bits per heavy atom. The molecule has 1 rings (SSSR count). The number of rotatable bonds is 6. The van der Waals surface area contributed by atoms with E-state index in [9.17, 15) is 9.90 Å². The molecule has 0 spiro atoms. The van der Waals surface area contributed by atoms with Crippen LogP contribution in [0.2, 0.25) is 0 Å².